The van der Waals surface area contributed by atoms with E-state index in [1.807, 2.05) is 0 Å². The van der Waals surface area contributed by atoms with Crippen molar-refractivity contribution in [3.63, 3.8) is 0 Å². The highest BCUT2D eigenvalue weighted by atomic mass is 19.3. The predicted octanol–water partition coefficient (Wildman–Crippen LogP) is 3.19. The lowest BCUT2D eigenvalue weighted by Gasteiger charge is -2.22. The molecule has 1 aromatic carbocycles. The lowest BCUT2D eigenvalue weighted by atomic mass is 10.0. The molecule has 1 aliphatic rings. The molecule has 1 heterocycles. The van der Waals surface area contributed by atoms with E-state index >= 15 is 0 Å². The Kier molecular flexibility index (Phi) is 4.42. The van der Waals surface area contributed by atoms with Crippen LogP contribution in [0.2, 0.25) is 0 Å². The van der Waals surface area contributed by atoms with Crippen LogP contribution in [0.25, 0.3) is 0 Å². The Balaban J connectivity index is 1.99. The van der Waals surface area contributed by atoms with Crippen molar-refractivity contribution in [1.82, 2.24) is 0 Å². The van der Waals surface area contributed by atoms with E-state index in [0.29, 0.717) is 24.7 Å². The second-order valence-corrected chi connectivity index (χ2v) is 4.66. The fourth-order valence-electron chi connectivity index (χ4n) is 2.04. The summed E-state index contributed by atoms with van der Waals surface area (Å²) in [5.41, 5.74) is -0.128. The molecule has 0 amide bonds. The number of aliphatic carboxylic acids is 1. The average molecular weight is 286 g/mol. The molecule has 1 N–H and O–H groups in total. The number of carboxylic acid groups (broad SMARTS) is 1. The fraction of sp³-hybridized carbons (Fsp3) is 0.500. The third kappa shape index (κ3) is 3.59. The highest BCUT2D eigenvalue weighted by Gasteiger charge is 2.32. The molecule has 1 aromatic rings. The summed E-state index contributed by atoms with van der Waals surface area (Å²) in [6, 6.07) is 4.10. The van der Waals surface area contributed by atoms with E-state index in [2.05, 4.69) is 0 Å². The minimum Gasteiger partial charge on any atom is -0.486 e. The van der Waals surface area contributed by atoms with Crippen LogP contribution in [-0.4, -0.2) is 24.3 Å². The van der Waals surface area contributed by atoms with Crippen LogP contribution in [0.1, 0.15) is 31.2 Å². The number of carboxylic acids is 1. The van der Waals surface area contributed by atoms with Gasteiger partial charge in [-0.25, -0.2) is 8.78 Å². The zero-order valence-electron chi connectivity index (χ0n) is 10.9. The highest BCUT2D eigenvalue weighted by molar-refractivity contribution is 5.66. The zero-order chi connectivity index (χ0) is 14.6. The van der Waals surface area contributed by atoms with Gasteiger partial charge in [-0.3, -0.25) is 4.79 Å². The molecule has 0 unspecified atom stereocenters. The number of hydrogen-bond donors (Lipinski definition) is 1. The minimum absolute atomic E-state index is 0.0861. The first-order chi connectivity index (χ1) is 9.49. The molecule has 20 heavy (non-hydrogen) atoms. The van der Waals surface area contributed by atoms with Gasteiger partial charge in [-0.15, -0.1) is 0 Å². The van der Waals surface area contributed by atoms with Crippen molar-refractivity contribution in [1.29, 1.82) is 0 Å². The van der Waals surface area contributed by atoms with Gasteiger partial charge in [0, 0.05) is 18.4 Å². The second kappa shape index (κ2) is 6.07. The highest BCUT2D eigenvalue weighted by Crippen LogP contribution is 2.39. The Morgan fingerprint density at radius 1 is 1.20 bits per heavy atom. The number of fused-ring (bicyclic) bond motifs is 1. The smallest absolute Gasteiger partial charge is 0.303 e. The summed E-state index contributed by atoms with van der Waals surface area (Å²) in [7, 11) is 0. The van der Waals surface area contributed by atoms with Crippen molar-refractivity contribution in [2.75, 3.05) is 13.2 Å². The molecule has 0 aromatic heterocycles. The summed E-state index contributed by atoms with van der Waals surface area (Å²) in [4.78, 5) is 10.3. The lowest BCUT2D eigenvalue weighted by molar-refractivity contribution is -0.137. The lowest BCUT2D eigenvalue weighted by Crippen LogP contribution is -2.18. The van der Waals surface area contributed by atoms with Gasteiger partial charge in [0.2, 0.25) is 0 Å². The Morgan fingerprint density at radius 3 is 2.60 bits per heavy atom. The van der Waals surface area contributed by atoms with Gasteiger partial charge in [0.1, 0.15) is 13.2 Å². The maximum atomic E-state index is 14.0. The summed E-state index contributed by atoms with van der Waals surface area (Å²) in [5, 5.41) is 8.47. The molecule has 0 saturated carbocycles. The molecule has 6 heteroatoms. The standard InChI is InChI=1S/C14H16F2O4/c15-14(16,6-2-1-3-13(17)18)10-4-5-11-12(9-10)20-8-7-19-11/h4-5,9H,1-3,6-8H2,(H,17,18). The van der Waals surface area contributed by atoms with Gasteiger partial charge in [-0.2, -0.15) is 0 Å². The van der Waals surface area contributed by atoms with Crippen molar-refractivity contribution in [3.8, 4) is 11.5 Å². The Bertz CT molecular complexity index is 488. The van der Waals surface area contributed by atoms with Crippen LogP contribution in [0.3, 0.4) is 0 Å². The molecule has 1 aliphatic heterocycles. The monoisotopic (exact) mass is 286 g/mol. The van der Waals surface area contributed by atoms with E-state index in [4.69, 9.17) is 14.6 Å². The minimum atomic E-state index is -2.99. The first-order valence-electron chi connectivity index (χ1n) is 6.49. The average Bonchev–Trinajstić information content (AvgIpc) is 2.43. The van der Waals surface area contributed by atoms with Gasteiger partial charge in [0.05, 0.1) is 0 Å². The Hall–Kier alpha value is -1.85. The number of carbonyl (C=O) groups is 1. The first kappa shape index (κ1) is 14.6. The fourth-order valence-corrected chi connectivity index (χ4v) is 2.04. The third-order valence-electron chi connectivity index (χ3n) is 3.10. The van der Waals surface area contributed by atoms with Gasteiger partial charge in [-0.05, 0) is 31.0 Å². The molecule has 0 bridgehead atoms. The molecule has 0 aliphatic carbocycles. The normalized spacial score (nSPS) is 14.1. The third-order valence-corrected chi connectivity index (χ3v) is 3.10. The van der Waals surface area contributed by atoms with Crippen molar-refractivity contribution in [3.05, 3.63) is 23.8 Å². The van der Waals surface area contributed by atoms with Gasteiger partial charge < -0.3 is 14.6 Å². The number of benzene rings is 1. The number of unbranched alkanes of at least 4 members (excludes halogenated alkanes) is 1. The topological polar surface area (TPSA) is 55.8 Å². The Morgan fingerprint density at radius 2 is 1.90 bits per heavy atom. The molecular formula is C14H16F2O4. The molecule has 0 fully saturated rings. The number of halogens is 2. The van der Waals surface area contributed by atoms with Crippen molar-refractivity contribution >= 4 is 5.97 Å². The zero-order valence-corrected chi connectivity index (χ0v) is 10.9. The summed E-state index contributed by atoms with van der Waals surface area (Å²) in [5.74, 6) is -3.15. The number of rotatable bonds is 6. The number of hydrogen-bond acceptors (Lipinski definition) is 3. The first-order valence-corrected chi connectivity index (χ1v) is 6.49. The summed E-state index contributed by atoms with van der Waals surface area (Å²) >= 11 is 0. The van der Waals surface area contributed by atoms with Gasteiger partial charge >= 0.3 is 5.97 Å². The molecule has 0 atom stereocenters. The van der Waals surface area contributed by atoms with E-state index < -0.39 is 11.9 Å². The van der Waals surface area contributed by atoms with Crippen molar-refractivity contribution < 1.29 is 28.2 Å². The van der Waals surface area contributed by atoms with E-state index in [1.54, 1.807) is 0 Å². The van der Waals surface area contributed by atoms with Crippen LogP contribution >= 0.6 is 0 Å². The summed E-state index contributed by atoms with van der Waals surface area (Å²) < 4.78 is 38.6. The van der Waals surface area contributed by atoms with Gasteiger partial charge in [0.15, 0.2) is 11.5 Å². The van der Waals surface area contributed by atoms with Crippen LogP contribution in [0.15, 0.2) is 18.2 Å². The largest absolute Gasteiger partial charge is 0.486 e. The Labute approximate surface area is 115 Å². The SMILES string of the molecule is O=C(O)CCCCC(F)(F)c1ccc2c(c1)OCCO2. The van der Waals surface area contributed by atoms with E-state index in [9.17, 15) is 13.6 Å². The van der Waals surface area contributed by atoms with E-state index in [1.165, 1.54) is 18.2 Å². The number of ether oxygens (including phenoxy) is 2. The van der Waals surface area contributed by atoms with Crippen LogP contribution < -0.4 is 9.47 Å². The maximum Gasteiger partial charge on any atom is 0.303 e. The number of alkyl halides is 2. The summed E-state index contributed by atoms with van der Waals surface area (Å²) in [6.45, 7) is 0.762. The van der Waals surface area contributed by atoms with Crippen LogP contribution in [0.4, 0.5) is 8.78 Å². The molecule has 2 rings (SSSR count). The molecule has 110 valence electrons. The second-order valence-electron chi connectivity index (χ2n) is 4.66. The maximum absolute atomic E-state index is 14.0. The molecule has 0 radical (unpaired) electrons. The molecule has 0 saturated heterocycles. The quantitative estimate of drug-likeness (QED) is 0.816. The van der Waals surface area contributed by atoms with E-state index in [-0.39, 0.29) is 31.2 Å². The van der Waals surface area contributed by atoms with Crippen LogP contribution in [-0.2, 0) is 10.7 Å². The van der Waals surface area contributed by atoms with Crippen molar-refractivity contribution in [2.45, 2.75) is 31.6 Å². The molecule has 4 nitrogen and oxygen atoms in total. The van der Waals surface area contributed by atoms with E-state index in [0.717, 1.165) is 0 Å². The molecule has 0 spiro atoms. The van der Waals surface area contributed by atoms with Crippen LogP contribution in [0.5, 0.6) is 11.5 Å². The van der Waals surface area contributed by atoms with Crippen LogP contribution in [0, 0.1) is 0 Å². The molecular weight excluding hydrogens is 270 g/mol. The summed E-state index contributed by atoms with van der Waals surface area (Å²) in [6.07, 6.45) is -0.0552. The van der Waals surface area contributed by atoms with Crippen molar-refractivity contribution in [2.24, 2.45) is 0 Å². The van der Waals surface area contributed by atoms with Gasteiger partial charge in [0.25, 0.3) is 5.92 Å². The predicted molar refractivity (Wildman–Crippen MR) is 67.4 cm³/mol. The van der Waals surface area contributed by atoms with Gasteiger partial charge in [-0.1, -0.05) is 0 Å².